The first-order chi connectivity index (χ1) is 8.17. The summed E-state index contributed by atoms with van der Waals surface area (Å²) in [7, 11) is 3.54. The topological polar surface area (TPSA) is 67.6 Å². The number of likely N-dealkylation sites (N-methyl/N-ethyl adjacent to an activating group) is 1. The lowest BCUT2D eigenvalue weighted by Crippen LogP contribution is -2.43. The molecule has 0 aliphatic carbocycles. The van der Waals surface area contributed by atoms with Crippen molar-refractivity contribution in [3.63, 3.8) is 0 Å². The first-order valence-electron chi connectivity index (χ1n) is 6.35. The second kappa shape index (κ2) is 7.63. The van der Waals surface area contributed by atoms with E-state index in [-0.39, 0.29) is 11.9 Å². The summed E-state index contributed by atoms with van der Waals surface area (Å²) in [6.45, 7) is 4.01. The first kappa shape index (κ1) is 14.4. The Bertz CT molecular complexity index is 228. The third-order valence-corrected chi connectivity index (χ3v) is 3.54. The minimum atomic E-state index is -0.262. The predicted octanol–water partition coefficient (Wildman–Crippen LogP) is -0.192. The molecular formula is C12H25N3O2. The summed E-state index contributed by atoms with van der Waals surface area (Å²) in [6, 6.07) is -0.202. The van der Waals surface area contributed by atoms with Crippen LogP contribution in [-0.4, -0.2) is 57.2 Å². The Morgan fingerprint density at radius 2 is 2.18 bits per heavy atom. The van der Waals surface area contributed by atoms with Crippen LogP contribution in [0.5, 0.6) is 0 Å². The van der Waals surface area contributed by atoms with Crippen LogP contribution in [-0.2, 0) is 9.53 Å². The number of likely N-dealkylation sites (tertiary alicyclic amines) is 1. The van der Waals surface area contributed by atoms with Gasteiger partial charge in [0.1, 0.15) is 0 Å². The van der Waals surface area contributed by atoms with Gasteiger partial charge in [-0.1, -0.05) is 0 Å². The molecule has 0 aromatic heterocycles. The van der Waals surface area contributed by atoms with Crippen molar-refractivity contribution in [3.8, 4) is 0 Å². The number of rotatable bonds is 7. The van der Waals surface area contributed by atoms with Gasteiger partial charge in [-0.2, -0.15) is 0 Å². The van der Waals surface area contributed by atoms with E-state index < -0.39 is 0 Å². The van der Waals surface area contributed by atoms with E-state index in [1.807, 2.05) is 0 Å². The maximum absolute atomic E-state index is 11.1. The lowest BCUT2D eigenvalue weighted by molar-refractivity contribution is -0.120. The predicted molar refractivity (Wildman–Crippen MR) is 67.7 cm³/mol. The molecule has 0 aromatic carbocycles. The van der Waals surface area contributed by atoms with Crippen LogP contribution in [0.3, 0.4) is 0 Å². The third kappa shape index (κ3) is 5.02. The van der Waals surface area contributed by atoms with Crippen molar-refractivity contribution in [2.24, 2.45) is 11.7 Å². The molecule has 1 saturated heterocycles. The summed E-state index contributed by atoms with van der Waals surface area (Å²) in [5, 5.41) is 2.95. The zero-order valence-electron chi connectivity index (χ0n) is 10.9. The van der Waals surface area contributed by atoms with Crippen molar-refractivity contribution >= 4 is 5.91 Å². The summed E-state index contributed by atoms with van der Waals surface area (Å²) in [5.74, 6) is 0.439. The van der Waals surface area contributed by atoms with Gasteiger partial charge < -0.3 is 20.7 Å². The molecule has 0 aromatic rings. The molecule has 1 aliphatic rings. The van der Waals surface area contributed by atoms with E-state index in [0.717, 1.165) is 32.7 Å². The average molecular weight is 243 g/mol. The number of ether oxygens (including phenoxy) is 1. The Morgan fingerprint density at radius 1 is 1.53 bits per heavy atom. The van der Waals surface area contributed by atoms with E-state index in [1.54, 1.807) is 14.2 Å². The van der Waals surface area contributed by atoms with Crippen molar-refractivity contribution in [3.05, 3.63) is 0 Å². The van der Waals surface area contributed by atoms with E-state index in [0.29, 0.717) is 5.92 Å². The van der Waals surface area contributed by atoms with Gasteiger partial charge in [0.15, 0.2) is 0 Å². The van der Waals surface area contributed by atoms with Gasteiger partial charge in [-0.25, -0.2) is 0 Å². The molecule has 1 aliphatic heterocycles. The van der Waals surface area contributed by atoms with Gasteiger partial charge in [0.2, 0.25) is 5.91 Å². The standard InChI is InChI=1S/C12H25N3O2/c1-14-11(12(13)16)5-8-15-6-3-10(4-7-15)9-17-2/h10-11,14H,3-9H2,1-2H3,(H2,13,16). The smallest absolute Gasteiger partial charge is 0.234 e. The summed E-state index contributed by atoms with van der Waals surface area (Å²) >= 11 is 0. The van der Waals surface area contributed by atoms with Gasteiger partial charge in [0.25, 0.3) is 0 Å². The summed E-state index contributed by atoms with van der Waals surface area (Å²) in [5.41, 5.74) is 5.29. The fraction of sp³-hybridized carbons (Fsp3) is 0.917. The van der Waals surface area contributed by atoms with Crippen LogP contribution in [0.15, 0.2) is 0 Å². The van der Waals surface area contributed by atoms with Crippen LogP contribution in [0.2, 0.25) is 0 Å². The van der Waals surface area contributed by atoms with Crippen LogP contribution < -0.4 is 11.1 Å². The minimum absolute atomic E-state index is 0.202. The molecular weight excluding hydrogens is 218 g/mol. The number of carbonyl (C=O) groups is 1. The van der Waals surface area contributed by atoms with Gasteiger partial charge in [-0.3, -0.25) is 4.79 Å². The van der Waals surface area contributed by atoms with Crippen LogP contribution in [0.1, 0.15) is 19.3 Å². The Morgan fingerprint density at radius 3 is 2.65 bits per heavy atom. The molecule has 17 heavy (non-hydrogen) atoms. The zero-order valence-corrected chi connectivity index (χ0v) is 10.9. The highest BCUT2D eigenvalue weighted by molar-refractivity contribution is 5.79. The van der Waals surface area contributed by atoms with Crippen molar-refractivity contribution in [2.45, 2.75) is 25.3 Å². The van der Waals surface area contributed by atoms with E-state index in [9.17, 15) is 4.79 Å². The molecule has 1 rings (SSSR count). The molecule has 1 fully saturated rings. The lowest BCUT2D eigenvalue weighted by atomic mass is 9.97. The number of hydrogen-bond acceptors (Lipinski definition) is 4. The molecule has 1 heterocycles. The fourth-order valence-corrected chi connectivity index (χ4v) is 2.35. The molecule has 1 unspecified atom stereocenters. The molecule has 0 spiro atoms. The van der Waals surface area contributed by atoms with Crippen molar-refractivity contribution in [2.75, 3.05) is 40.4 Å². The summed E-state index contributed by atoms with van der Waals surface area (Å²) in [4.78, 5) is 13.5. The molecule has 0 radical (unpaired) electrons. The maximum Gasteiger partial charge on any atom is 0.234 e. The number of nitrogens with one attached hydrogen (secondary N) is 1. The number of hydrogen-bond donors (Lipinski definition) is 2. The van der Waals surface area contributed by atoms with Crippen molar-refractivity contribution in [1.29, 1.82) is 0 Å². The van der Waals surface area contributed by atoms with Crippen LogP contribution in [0, 0.1) is 5.92 Å². The highest BCUT2D eigenvalue weighted by Crippen LogP contribution is 2.17. The number of methoxy groups -OCH3 is 1. The highest BCUT2D eigenvalue weighted by Gasteiger charge is 2.20. The Hall–Kier alpha value is -0.650. The highest BCUT2D eigenvalue weighted by atomic mass is 16.5. The second-order valence-electron chi connectivity index (χ2n) is 4.77. The molecule has 5 heteroatoms. The normalized spacial score (nSPS) is 20.4. The Kier molecular flexibility index (Phi) is 6.47. The number of amides is 1. The van der Waals surface area contributed by atoms with Gasteiger partial charge >= 0.3 is 0 Å². The van der Waals surface area contributed by atoms with Crippen LogP contribution in [0.4, 0.5) is 0 Å². The Balaban J connectivity index is 2.19. The monoisotopic (exact) mass is 243 g/mol. The molecule has 1 amide bonds. The van der Waals surface area contributed by atoms with E-state index in [4.69, 9.17) is 10.5 Å². The SMILES string of the molecule is CNC(CCN1CCC(COC)CC1)C(N)=O. The number of nitrogens with two attached hydrogens (primary N) is 1. The van der Waals surface area contributed by atoms with Gasteiger partial charge in [0, 0.05) is 20.3 Å². The minimum Gasteiger partial charge on any atom is -0.384 e. The van der Waals surface area contributed by atoms with Crippen LogP contribution >= 0.6 is 0 Å². The fourth-order valence-electron chi connectivity index (χ4n) is 2.35. The van der Waals surface area contributed by atoms with Crippen LogP contribution in [0.25, 0.3) is 0 Å². The third-order valence-electron chi connectivity index (χ3n) is 3.54. The van der Waals surface area contributed by atoms with Gasteiger partial charge in [0.05, 0.1) is 6.04 Å². The molecule has 1 atom stereocenters. The molecule has 0 saturated carbocycles. The van der Waals surface area contributed by atoms with Gasteiger partial charge in [-0.05, 0) is 45.3 Å². The lowest BCUT2D eigenvalue weighted by Gasteiger charge is -2.32. The molecule has 3 N–H and O–H groups in total. The Labute approximate surface area is 104 Å². The molecule has 5 nitrogen and oxygen atoms in total. The zero-order chi connectivity index (χ0) is 12.7. The van der Waals surface area contributed by atoms with Crippen molar-refractivity contribution in [1.82, 2.24) is 10.2 Å². The number of primary amides is 1. The largest absolute Gasteiger partial charge is 0.384 e. The molecule has 100 valence electrons. The van der Waals surface area contributed by atoms with E-state index in [2.05, 4.69) is 10.2 Å². The number of carbonyl (C=O) groups excluding carboxylic acids is 1. The van der Waals surface area contributed by atoms with E-state index >= 15 is 0 Å². The summed E-state index contributed by atoms with van der Waals surface area (Å²) < 4.78 is 5.17. The average Bonchev–Trinajstić information content (AvgIpc) is 2.32. The summed E-state index contributed by atoms with van der Waals surface area (Å²) in [6.07, 6.45) is 3.17. The maximum atomic E-state index is 11.1. The van der Waals surface area contributed by atoms with E-state index in [1.165, 1.54) is 12.8 Å². The van der Waals surface area contributed by atoms with Crippen molar-refractivity contribution < 1.29 is 9.53 Å². The molecule has 0 bridgehead atoms. The second-order valence-corrected chi connectivity index (χ2v) is 4.77. The number of nitrogens with zero attached hydrogens (tertiary/aromatic N) is 1. The van der Waals surface area contributed by atoms with Gasteiger partial charge in [-0.15, -0.1) is 0 Å². The number of piperidine rings is 1. The first-order valence-corrected chi connectivity index (χ1v) is 6.35. The quantitative estimate of drug-likeness (QED) is 0.650.